The number of allylic oxidation sites excluding steroid dienone is 1. The van der Waals surface area contributed by atoms with Crippen molar-refractivity contribution in [1.82, 2.24) is 19.7 Å². The molecule has 128 valence electrons. The lowest BCUT2D eigenvalue weighted by Crippen LogP contribution is -2.36. The molecule has 2 rings (SSSR count). The number of amides is 1. The molecule has 0 saturated heterocycles. The topological polar surface area (TPSA) is 51.0 Å². The second-order valence-corrected chi connectivity index (χ2v) is 6.84. The van der Waals surface area contributed by atoms with Crippen LogP contribution >= 0.6 is 11.8 Å². The number of carbonyl (C=O) groups is 1. The van der Waals surface area contributed by atoms with Crippen LogP contribution in [0.5, 0.6) is 0 Å². The first kappa shape index (κ1) is 18.3. The molecule has 0 spiro atoms. The summed E-state index contributed by atoms with van der Waals surface area (Å²) in [7, 11) is 0. The van der Waals surface area contributed by atoms with E-state index in [9.17, 15) is 4.79 Å². The molecule has 1 amide bonds. The maximum atomic E-state index is 12.8. The molecule has 0 aliphatic heterocycles. The van der Waals surface area contributed by atoms with Gasteiger partial charge >= 0.3 is 0 Å². The number of rotatable bonds is 8. The van der Waals surface area contributed by atoms with E-state index in [1.165, 1.54) is 11.8 Å². The molecule has 0 saturated carbocycles. The van der Waals surface area contributed by atoms with Crippen LogP contribution in [0.15, 0.2) is 48.1 Å². The normalized spacial score (nSPS) is 12.0. The highest BCUT2D eigenvalue weighted by Crippen LogP contribution is 2.24. The molecule has 0 aliphatic rings. The van der Waals surface area contributed by atoms with Crippen LogP contribution in [0.1, 0.15) is 25.2 Å². The summed E-state index contributed by atoms with van der Waals surface area (Å²) >= 11 is 1.44. The van der Waals surface area contributed by atoms with Gasteiger partial charge in [0.05, 0.1) is 5.25 Å². The minimum absolute atomic E-state index is 0.108. The zero-order chi connectivity index (χ0) is 17.5. The molecule has 1 aromatic carbocycles. The highest BCUT2D eigenvalue weighted by Gasteiger charge is 2.23. The van der Waals surface area contributed by atoms with Gasteiger partial charge in [-0.25, -0.2) is 0 Å². The summed E-state index contributed by atoms with van der Waals surface area (Å²) in [6, 6.07) is 10.0. The fourth-order valence-corrected chi connectivity index (χ4v) is 3.39. The summed E-state index contributed by atoms with van der Waals surface area (Å²) in [6.45, 7) is 11.5. The highest BCUT2D eigenvalue weighted by molar-refractivity contribution is 8.00. The molecule has 1 heterocycles. The summed E-state index contributed by atoms with van der Waals surface area (Å²) in [6.07, 6.45) is 1.81. The molecule has 0 bridgehead atoms. The lowest BCUT2D eigenvalue weighted by molar-refractivity contribution is -0.130. The average Bonchev–Trinajstić information content (AvgIpc) is 2.93. The Kier molecular flexibility index (Phi) is 6.61. The van der Waals surface area contributed by atoms with Gasteiger partial charge in [-0.15, -0.1) is 16.8 Å². The van der Waals surface area contributed by atoms with E-state index in [4.69, 9.17) is 0 Å². The van der Waals surface area contributed by atoms with Gasteiger partial charge in [0.15, 0.2) is 5.16 Å². The van der Waals surface area contributed by atoms with Gasteiger partial charge in [-0.3, -0.25) is 4.79 Å². The van der Waals surface area contributed by atoms with Crippen molar-refractivity contribution in [2.45, 2.75) is 44.3 Å². The van der Waals surface area contributed by atoms with E-state index in [0.717, 1.165) is 16.5 Å². The molecular weight excluding hydrogens is 320 g/mol. The maximum absolute atomic E-state index is 12.8. The monoisotopic (exact) mass is 344 g/mol. The van der Waals surface area contributed by atoms with Crippen molar-refractivity contribution in [3.63, 3.8) is 0 Å². The fourth-order valence-electron chi connectivity index (χ4n) is 2.40. The van der Waals surface area contributed by atoms with Crippen molar-refractivity contribution in [3.05, 3.63) is 54.4 Å². The van der Waals surface area contributed by atoms with E-state index in [-0.39, 0.29) is 11.2 Å². The predicted molar refractivity (Wildman–Crippen MR) is 97.8 cm³/mol. The molecule has 0 N–H and O–H groups in total. The highest BCUT2D eigenvalue weighted by atomic mass is 32.2. The Balaban J connectivity index is 2.06. The van der Waals surface area contributed by atoms with Gasteiger partial charge in [0.1, 0.15) is 5.82 Å². The quantitative estimate of drug-likeness (QED) is 0.545. The Bertz CT molecular complexity index is 684. The number of aryl methyl sites for hydroxylation is 1. The third-order valence-corrected chi connectivity index (χ3v) is 4.82. The van der Waals surface area contributed by atoms with Crippen molar-refractivity contribution in [2.24, 2.45) is 0 Å². The van der Waals surface area contributed by atoms with Gasteiger partial charge in [0.2, 0.25) is 5.91 Å². The fraction of sp³-hybridized carbons (Fsp3) is 0.389. The summed E-state index contributed by atoms with van der Waals surface area (Å²) in [5.41, 5.74) is 1.13. The summed E-state index contributed by atoms with van der Waals surface area (Å²) in [5.74, 6) is 0.936. The number of aromatic nitrogens is 3. The number of carbonyl (C=O) groups excluding carboxylic acids is 1. The number of hydrogen-bond donors (Lipinski definition) is 0. The van der Waals surface area contributed by atoms with Gasteiger partial charge in [-0.05, 0) is 26.3 Å². The van der Waals surface area contributed by atoms with Crippen LogP contribution in [0.4, 0.5) is 0 Å². The largest absolute Gasteiger partial charge is 0.338 e. The molecular formula is C18H24N4OS. The van der Waals surface area contributed by atoms with E-state index >= 15 is 0 Å². The third kappa shape index (κ3) is 4.47. The number of hydrogen-bond acceptors (Lipinski definition) is 4. The van der Waals surface area contributed by atoms with Crippen molar-refractivity contribution < 1.29 is 4.79 Å². The minimum Gasteiger partial charge on any atom is -0.338 e. The maximum Gasteiger partial charge on any atom is 0.236 e. The summed E-state index contributed by atoms with van der Waals surface area (Å²) in [4.78, 5) is 14.7. The van der Waals surface area contributed by atoms with Crippen LogP contribution in [0.3, 0.4) is 0 Å². The third-order valence-electron chi connectivity index (χ3n) is 3.75. The van der Waals surface area contributed by atoms with Crippen LogP contribution in [-0.4, -0.2) is 37.4 Å². The second kappa shape index (κ2) is 8.68. The second-order valence-electron chi connectivity index (χ2n) is 5.53. The summed E-state index contributed by atoms with van der Waals surface area (Å²) < 4.78 is 1.97. The molecule has 1 unspecified atom stereocenters. The number of benzene rings is 1. The first-order valence-corrected chi connectivity index (χ1v) is 8.94. The molecule has 6 heteroatoms. The Morgan fingerprint density at radius 3 is 2.71 bits per heavy atom. The van der Waals surface area contributed by atoms with Gasteiger partial charge in [-0.1, -0.05) is 48.2 Å². The first-order chi connectivity index (χ1) is 11.6. The molecule has 1 atom stereocenters. The van der Waals surface area contributed by atoms with Crippen LogP contribution in [0, 0.1) is 6.92 Å². The van der Waals surface area contributed by atoms with E-state index in [2.05, 4.69) is 16.8 Å². The minimum atomic E-state index is -0.221. The van der Waals surface area contributed by atoms with E-state index in [0.29, 0.717) is 19.6 Å². The average molecular weight is 344 g/mol. The van der Waals surface area contributed by atoms with E-state index < -0.39 is 0 Å². The number of thioether (sulfide) groups is 1. The van der Waals surface area contributed by atoms with Gasteiger partial charge in [0, 0.05) is 19.6 Å². The van der Waals surface area contributed by atoms with Crippen molar-refractivity contribution in [3.8, 4) is 0 Å². The Morgan fingerprint density at radius 1 is 1.38 bits per heavy atom. The molecule has 24 heavy (non-hydrogen) atoms. The van der Waals surface area contributed by atoms with Crippen molar-refractivity contribution in [2.75, 3.05) is 6.54 Å². The Labute approximate surface area is 147 Å². The first-order valence-electron chi connectivity index (χ1n) is 8.06. The standard InChI is InChI=1S/C18H24N4OS/c1-5-12-22-15(4)19-20-18(22)24-14(3)17(23)21(6-2)13-16-10-8-7-9-11-16/h5,7-11,14H,1,6,12-13H2,2-4H3. The predicted octanol–water partition coefficient (Wildman–Crippen LogP) is 3.30. The van der Waals surface area contributed by atoms with Crippen LogP contribution in [-0.2, 0) is 17.9 Å². The molecule has 2 aromatic rings. The molecule has 0 radical (unpaired) electrons. The molecule has 0 aliphatic carbocycles. The lowest BCUT2D eigenvalue weighted by atomic mass is 10.2. The van der Waals surface area contributed by atoms with Crippen LogP contribution < -0.4 is 0 Å². The van der Waals surface area contributed by atoms with Crippen molar-refractivity contribution >= 4 is 17.7 Å². The zero-order valence-electron chi connectivity index (χ0n) is 14.5. The zero-order valence-corrected chi connectivity index (χ0v) is 15.3. The lowest BCUT2D eigenvalue weighted by Gasteiger charge is -2.24. The van der Waals surface area contributed by atoms with Gasteiger partial charge in [-0.2, -0.15) is 0 Å². The Morgan fingerprint density at radius 2 is 2.08 bits per heavy atom. The van der Waals surface area contributed by atoms with Crippen LogP contribution in [0.2, 0.25) is 0 Å². The smallest absolute Gasteiger partial charge is 0.236 e. The van der Waals surface area contributed by atoms with Crippen molar-refractivity contribution in [1.29, 1.82) is 0 Å². The van der Waals surface area contributed by atoms with E-state index in [1.807, 2.05) is 60.6 Å². The SMILES string of the molecule is C=CCn1c(C)nnc1SC(C)C(=O)N(CC)Cc1ccccc1. The molecule has 5 nitrogen and oxygen atoms in total. The van der Waals surface area contributed by atoms with Crippen LogP contribution in [0.25, 0.3) is 0 Å². The molecule has 1 aromatic heterocycles. The number of nitrogens with zero attached hydrogens (tertiary/aromatic N) is 4. The van der Waals surface area contributed by atoms with E-state index in [1.54, 1.807) is 6.08 Å². The summed E-state index contributed by atoms with van der Waals surface area (Å²) in [5, 5.41) is 8.82. The molecule has 0 fully saturated rings. The Hall–Kier alpha value is -2.08. The van der Waals surface area contributed by atoms with Gasteiger partial charge in [0.25, 0.3) is 0 Å². The van der Waals surface area contributed by atoms with Gasteiger partial charge < -0.3 is 9.47 Å².